The number of urea groups is 1. The molecule has 2 amide bonds. The number of rotatable bonds is 5. The van der Waals surface area contributed by atoms with Crippen molar-refractivity contribution in [2.45, 2.75) is 20.0 Å². The molecule has 5 heteroatoms. The Morgan fingerprint density at radius 1 is 1.24 bits per heavy atom. The van der Waals surface area contributed by atoms with Crippen LogP contribution >= 0.6 is 11.3 Å². The molecule has 0 saturated heterocycles. The number of hydrogen-bond acceptors (Lipinski definition) is 3. The van der Waals surface area contributed by atoms with E-state index in [0.29, 0.717) is 6.54 Å². The van der Waals surface area contributed by atoms with Gasteiger partial charge < -0.3 is 15.4 Å². The molecule has 0 radical (unpaired) electrons. The van der Waals surface area contributed by atoms with Gasteiger partial charge in [0.25, 0.3) is 0 Å². The largest absolute Gasteiger partial charge is 0.374 e. The van der Waals surface area contributed by atoms with Crippen LogP contribution in [0.15, 0.2) is 36.4 Å². The Morgan fingerprint density at radius 2 is 2.00 bits per heavy atom. The number of hydrogen-bond donors (Lipinski definition) is 2. The number of methoxy groups -OCH3 is 1. The number of ether oxygens (including phenoxy) is 1. The Labute approximate surface area is 129 Å². The van der Waals surface area contributed by atoms with Crippen molar-refractivity contribution in [3.8, 4) is 0 Å². The third-order valence-electron chi connectivity index (χ3n) is 3.20. The van der Waals surface area contributed by atoms with Crippen molar-refractivity contribution in [2.75, 3.05) is 19.0 Å². The van der Waals surface area contributed by atoms with Gasteiger partial charge in [0, 0.05) is 22.6 Å². The van der Waals surface area contributed by atoms with Crippen molar-refractivity contribution in [3.63, 3.8) is 0 Å². The third-order valence-corrected chi connectivity index (χ3v) is 4.30. The van der Waals surface area contributed by atoms with E-state index in [-0.39, 0.29) is 12.1 Å². The first kappa shape index (κ1) is 15.5. The first-order valence-electron chi connectivity index (χ1n) is 6.79. The molecule has 0 aliphatic rings. The minimum absolute atomic E-state index is 0.119. The molecule has 4 nitrogen and oxygen atoms in total. The van der Waals surface area contributed by atoms with Gasteiger partial charge in [-0.2, -0.15) is 0 Å². The molecule has 0 aliphatic heterocycles. The predicted molar refractivity (Wildman–Crippen MR) is 87.0 cm³/mol. The highest BCUT2D eigenvalue weighted by Crippen LogP contribution is 2.24. The maximum Gasteiger partial charge on any atom is 0.319 e. The second-order valence-corrected chi connectivity index (χ2v) is 6.14. The molecule has 2 N–H and O–H groups in total. The second kappa shape index (κ2) is 7.24. The highest BCUT2D eigenvalue weighted by molar-refractivity contribution is 7.12. The maximum atomic E-state index is 11.9. The molecular weight excluding hydrogens is 284 g/mol. The summed E-state index contributed by atoms with van der Waals surface area (Å²) in [5.41, 5.74) is 1.85. The summed E-state index contributed by atoms with van der Waals surface area (Å²) in [6, 6.07) is 11.6. The van der Waals surface area contributed by atoms with Crippen molar-refractivity contribution in [2.24, 2.45) is 0 Å². The number of aryl methyl sites for hydroxylation is 2. The third kappa shape index (κ3) is 4.31. The summed E-state index contributed by atoms with van der Waals surface area (Å²) in [6.07, 6.45) is -0.119. The Morgan fingerprint density at radius 3 is 2.62 bits per heavy atom. The highest BCUT2D eigenvalue weighted by atomic mass is 32.1. The molecule has 1 aromatic heterocycles. The van der Waals surface area contributed by atoms with Crippen LogP contribution in [0.2, 0.25) is 0 Å². The molecule has 0 aliphatic carbocycles. The van der Waals surface area contributed by atoms with Crippen LogP contribution in [0, 0.1) is 13.8 Å². The minimum Gasteiger partial charge on any atom is -0.374 e. The lowest BCUT2D eigenvalue weighted by molar-refractivity contribution is 0.107. The van der Waals surface area contributed by atoms with Gasteiger partial charge in [0.15, 0.2) is 0 Å². The van der Waals surface area contributed by atoms with Gasteiger partial charge in [-0.05, 0) is 37.6 Å². The van der Waals surface area contributed by atoms with Crippen LogP contribution in [0.5, 0.6) is 0 Å². The molecule has 0 fully saturated rings. The van der Waals surface area contributed by atoms with Crippen LogP contribution in [-0.4, -0.2) is 19.7 Å². The molecule has 1 atom stereocenters. The fraction of sp³-hybridized carbons (Fsp3) is 0.312. The van der Waals surface area contributed by atoms with E-state index in [1.54, 1.807) is 18.4 Å². The number of amides is 2. The summed E-state index contributed by atoms with van der Waals surface area (Å²) in [5.74, 6) is 0. The zero-order chi connectivity index (χ0) is 15.2. The fourth-order valence-electron chi connectivity index (χ4n) is 1.99. The standard InChI is InChI=1S/C16H20N2O2S/c1-11-6-4-5-7-13(11)18-16(19)17-10-14(20-3)15-9-8-12(2)21-15/h4-9,14H,10H2,1-3H3,(H2,17,18,19)/t14-/m0/s1. The Bertz CT molecular complexity index is 610. The van der Waals surface area contributed by atoms with Gasteiger partial charge in [0.05, 0.1) is 6.54 Å². The molecule has 21 heavy (non-hydrogen) atoms. The molecule has 0 spiro atoms. The smallest absolute Gasteiger partial charge is 0.319 e. The molecule has 0 unspecified atom stereocenters. The topological polar surface area (TPSA) is 50.4 Å². The van der Waals surface area contributed by atoms with Crippen LogP contribution in [0.1, 0.15) is 21.4 Å². The lowest BCUT2D eigenvalue weighted by Crippen LogP contribution is -2.32. The summed E-state index contributed by atoms with van der Waals surface area (Å²) in [5, 5.41) is 5.69. The summed E-state index contributed by atoms with van der Waals surface area (Å²) in [6.45, 7) is 4.45. The number of anilines is 1. The van der Waals surface area contributed by atoms with Crippen LogP contribution in [0.25, 0.3) is 0 Å². The van der Waals surface area contributed by atoms with Crippen molar-refractivity contribution < 1.29 is 9.53 Å². The lowest BCUT2D eigenvalue weighted by Gasteiger charge is -2.15. The van der Waals surface area contributed by atoms with Gasteiger partial charge in [-0.25, -0.2) is 4.79 Å². The lowest BCUT2D eigenvalue weighted by atomic mass is 10.2. The summed E-state index contributed by atoms with van der Waals surface area (Å²) in [4.78, 5) is 14.3. The molecular formula is C16H20N2O2S. The van der Waals surface area contributed by atoms with Crippen molar-refractivity contribution in [1.82, 2.24) is 5.32 Å². The molecule has 1 aromatic carbocycles. The van der Waals surface area contributed by atoms with E-state index in [9.17, 15) is 4.79 Å². The average Bonchev–Trinajstić information content (AvgIpc) is 2.89. The zero-order valence-electron chi connectivity index (χ0n) is 12.5. The highest BCUT2D eigenvalue weighted by Gasteiger charge is 2.14. The van der Waals surface area contributed by atoms with Gasteiger partial charge in [0.2, 0.25) is 0 Å². The molecule has 112 valence electrons. The van der Waals surface area contributed by atoms with E-state index in [2.05, 4.69) is 23.6 Å². The molecule has 0 saturated carbocycles. The number of benzene rings is 1. The van der Waals surface area contributed by atoms with E-state index in [1.165, 1.54) is 4.88 Å². The van der Waals surface area contributed by atoms with Crippen LogP contribution in [0.3, 0.4) is 0 Å². The normalized spacial score (nSPS) is 12.0. The Kier molecular flexibility index (Phi) is 5.36. The van der Waals surface area contributed by atoms with Crippen molar-refractivity contribution in [1.29, 1.82) is 0 Å². The van der Waals surface area contributed by atoms with Gasteiger partial charge >= 0.3 is 6.03 Å². The molecule has 0 bridgehead atoms. The van der Waals surface area contributed by atoms with Crippen molar-refractivity contribution >= 4 is 23.1 Å². The maximum absolute atomic E-state index is 11.9. The molecule has 2 rings (SSSR count). The predicted octanol–water partition coefficient (Wildman–Crippen LogP) is 3.87. The second-order valence-electron chi connectivity index (χ2n) is 4.82. The monoisotopic (exact) mass is 304 g/mol. The SMILES string of the molecule is CO[C@@H](CNC(=O)Nc1ccccc1C)c1ccc(C)s1. The number of thiophene rings is 1. The number of para-hydroxylation sites is 1. The van der Waals surface area contributed by atoms with E-state index < -0.39 is 0 Å². The summed E-state index contributed by atoms with van der Waals surface area (Å²) in [7, 11) is 1.65. The van der Waals surface area contributed by atoms with Crippen LogP contribution in [0.4, 0.5) is 10.5 Å². The van der Waals surface area contributed by atoms with Crippen LogP contribution in [-0.2, 0) is 4.74 Å². The zero-order valence-corrected chi connectivity index (χ0v) is 13.3. The van der Waals surface area contributed by atoms with Gasteiger partial charge in [0.1, 0.15) is 6.10 Å². The van der Waals surface area contributed by atoms with E-state index in [0.717, 1.165) is 16.1 Å². The first-order chi connectivity index (χ1) is 10.1. The Balaban J connectivity index is 1.89. The van der Waals surface area contributed by atoms with Gasteiger partial charge in [-0.3, -0.25) is 0 Å². The number of nitrogens with one attached hydrogen (secondary N) is 2. The average molecular weight is 304 g/mol. The minimum atomic E-state index is -0.223. The van der Waals surface area contributed by atoms with Crippen molar-refractivity contribution in [3.05, 3.63) is 51.7 Å². The molecule has 2 aromatic rings. The quantitative estimate of drug-likeness (QED) is 0.881. The van der Waals surface area contributed by atoms with E-state index >= 15 is 0 Å². The number of carbonyl (C=O) groups is 1. The molecule has 1 heterocycles. The summed E-state index contributed by atoms with van der Waals surface area (Å²) >= 11 is 1.68. The number of carbonyl (C=O) groups excluding carboxylic acids is 1. The van der Waals surface area contributed by atoms with Crippen LogP contribution < -0.4 is 10.6 Å². The van der Waals surface area contributed by atoms with Gasteiger partial charge in [-0.15, -0.1) is 11.3 Å². The summed E-state index contributed by atoms with van der Waals surface area (Å²) < 4.78 is 5.44. The first-order valence-corrected chi connectivity index (χ1v) is 7.61. The van der Waals surface area contributed by atoms with E-state index in [4.69, 9.17) is 4.74 Å². The van der Waals surface area contributed by atoms with E-state index in [1.807, 2.05) is 37.3 Å². The Hall–Kier alpha value is -1.85. The van der Waals surface area contributed by atoms with Gasteiger partial charge in [-0.1, -0.05) is 18.2 Å². The fourth-order valence-corrected chi connectivity index (χ4v) is 2.95.